The number of halogens is 2. The van der Waals surface area contributed by atoms with Crippen LogP contribution in [0.15, 0.2) is 23.2 Å². The molecule has 0 spiro atoms. The summed E-state index contributed by atoms with van der Waals surface area (Å²) in [6.07, 6.45) is 1.55. The molecule has 0 bridgehead atoms. The largest absolute Gasteiger partial charge is 0.261 e. The van der Waals surface area contributed by atoms with Gasteiger partial charge < -0.3 is 0 Å². The number of aromatic nitrogens is 1. The van der Waals surface area contributed by atoms with E-state index in [-0.39, 0.29) is 16.0 Å². The quantitative estimate of drug-likeness (QED) is 0.614. The molecule has 6 heteroatoms. The van der Waals surface area contributed by atoms with Gasteiger partial charge in [-0.1, -0.05) is 25.4 Å². The molecule has 1 aromatic carbocycles. The fourth-order valence-electron chi connectivity index (χ4n) is 2.02. The molecule has 1 heterocycles. The standard InChI is InChI=1S/C13H13Cl2NO2S/c1-7(2)9-4-10-12(8(3)6-16-13(10)14)11(5-9)19(15,17)18/h4-7H,1-3H3. The first kappa shape index (κ1) is 14.6. The van der Waals surface area contributed by atoms with Crippen LogP contribution < -0.4 is 0 Å². The highest BCUT2D eigenvalue weighted by Crippen LogP contribution is 2.34. The van der Waals surface area contributed by atoms with Crippen molar-refractivity contribution in [2.24, 2.45) is 0 Å². The van der Waals surface area contributed by atoms with Crippen molar-refractivity contribution in [1.82, 2.24) is 4.98 Å². The fourth-order valence-corrected chi connectivity index (χ4v) is 3.37. The Labute approximate surface area is 122 Å². The zero-order chi connectivity index (χ0) is 14.4. The van der Waals surface area contributed by atoms with Crippen LogP contribution in [-0.2, 0) is 9.05 Å². The van der Waals surface area contributed by atoms with Gasteiger partial charge in [0, 0.05) is 27.7 Å². The molecule has 102 valence electrons. The molecule has 0 atom stereocenters. The molecular weight excluding hydrogens is 305 g/mol. The van der Waals surface area contributed by atoms with Crippen LogP contribution >= 0.6 is 22.3 Å². The van der Waals surface area contributed by atoms with Crippen LogP contribution in [0.3, 0.4) is 0 Å². The predicted octanol–water partition coefficient (Wildman–Crippen LogP) is 4.25. The molecule has 1 aromatic heterocycles. The molecule has 0 unspecified atom stereocenters. The highest BCUT2D eigenvalue weighted by molar-refractivity contribution is 8.14. The molecular formula is C13H13Cl2NO2S. The average molecular weight is 318 g/mol. The number of aryl methyl sites for hydroxylation is 1. The Balaban J connectivity index is 3.04. The van der Waals surface area contributed by atoms with Crippen LogP contribution in [0.4, 0.5) is 0 Å². The maximum atomic E-state index is 11.8. The van der Waals surface area contributed by atoms with E-state index in [4.69, 9.17) is 22.3 Å². The van der Waals surface area contributed by atoms with Crippen LogP contribution in [0.25, 0.3) is 10.8 Å². The normalized spacial score (nSPS) is 12.3. The third-order valence-corrected chi connectivity index (χ3v) is 4.69. The van der Waals surface area contributed by atoms with Gasteiger partial charge >= 0.3 is 0 Å². The molecule has 0 aliphatic heterocycles. The Kier molecular flexibility index (Phi) is 3.78. The summed E-state index contributed by atoms with van der Waals surface area (Å²) in [6, 6.07) is 3.48. The van der Waals surface area contributed by atoms with E-state index in [9.17, 15) is 8.42 Å². The van der Waals surface area contributed by atoms with Gasteiger partial charge in [-0.2, -0.15) is 0 Å². The zero-order valence-electron chi connectivity index (χ0n) is 10.7. The first-order chi connectivity index (χ1) is 8.71. The minimum absolute atomic E-state index is 0.0946. The summed E-state index contributed by atoms with van der Waals surface area (Å²) < 4.78 is 23.6. The zero-order valence-corrected chi connectivity index (χ0v) is 13.1. The van der Waals surface area contributed by atoms with Gasteiger partial charge in [-0.15, -0.1) is 0 Å². The number of fused-ring (bicyclic) bond motifs is 1. The van der Waals surface area contributed by atoms with E-state index < -0.39 is 9.05 Å². The molecule has 2 aromatic rings. The lowest BCUT2D eigenvalue weighted by Crippen LogP contribution is -1.99. The van der Waals surface area contributed by atoms with Crippen LogP contribution in [0, 0.1) is 6.92 Å². The molecule has 0 fully saturated rings. The second-order valence-corrected chi connectivity index (χ2v) is 7.66. The Bertz CT molecular complexity index is 755. The first-order valence-electron chi connectivity index (χ1n) is 5.75. The topological polar surface area (TPSA) is 47.0 Å². The molecule has 19 heavy (non-hydrogen) atoms. The number of rotatable bonds is 2. The molecule has 0 aliphatic rings. The highest BCUT2D eigenvalue weighted by atomic mass is 35.7. The minimum Gasteiger partial charge on any atom is -0.244 e. The van der Waals surface area contributed by atoms with Crippen molar-refractivity contribution in [3.8, 4) is 0 Å². The van der Waals surface area contributed by atoms with Crippen LogP contribution in [0.5, 0.6) is 0 Å². The van der Waals surface area contributed by atoms with Gasteiger partial charge in [-0.05, 0) is 36.1 Å². The van der Waals surface area contributed by atoms with E-state index >= 15 is 0 Å². The van der Waals surface area contributed by atoms with Crippen molar-refractivity contribution in [1.29, 1.82) is 0 Å². The molecule has 0 aliphatic carbocycles. The van der Waals surface area contributed by atoms with Crippen molar-refractivity contribution in [3.63, 3.8) is 0 Å². The van der Waals surface area contributed by atoms with Gasteiger partial charge in [0.2, 0.25) is 0 Å². The summed E-state index contributed by atoms with van der Waals surface area (Å²) in [4.78, 5) is 4.15. The predicted molar refractivity (Wildman–Crippen MR) is 78.6 cm³/mol. The second-order valence-electron chi connectivity index (χ2n) is 4.77. The highest BCUT2D eigenvalue weighted by Gasteiger charge is 2.20. The van der Waals surface area contributed by atoms with Crippen molar-refractivity contribution >= 4 is 42.1 Å². The van der Waals surface area contributed by atoms with Gasteiger partial charge in [0.25, 0.3) is 9.05 Å². The maximum absolute atomic E-state index is 11.8. The van der Waals surface area contributed by atoms with Gasteiger partial charge in [0.1, 0.15) is 5.15 Å². The van der Waals surface area contributed by atoms with Crippen molar-refractivity contribution < 1.29 is 8.42 Å². The van der Waals surface area contributed by atoms with Crippen molar-refractivity contribution in [2.45, 2.75) is 31.6 Å². The number of hydrogen-bond acceptors (Lipinski definition) is 3. The Hall–Kier alpha value is -0.840. The maximum Gasteiger partial charge on any atom is 0.261 e. The van der Waals surface area contributed by atoms with Crippen molar-refractivity contribution in [2.75, 3.05) is 0 Å². The SMILES string of the molecule is Cc1cnc(Cl)c2cc(C(C)C)cc(S(=O)(=O)Cl)c12. The van der Waals surface area contributed by atoms with Gasteiger partial charge in [0.05, 0.1) is 4.90 Å². The van der Waals surface area contributed by atoms with Crippen molar-refractivity contribution in [3.05, 3.63) is 34.6 Å². The summed E-state index contributed by atoms with van der Waals surface area (Å²) in [5.41, 5.74) is 1.59. The lowest BCUT2D eigenvalue weighted by Gasteiger charge is -2.13. The number of nitrogens with zero attached hydrogens (tertiary/aromatic N) is 1. The van der Waals surface area contributed by atoms with E-state index in [0.29, 0.717) is 10.8 Å². The Morgan fingerprint density at radius 2 is 1.89 bits per heavy atom. The van der Waals surface area contributed by atoms with Gasteiger partial charge in [-0.3, -0.25) is 0 Å². The number of benzene rings is 1. The smallest absolute Gasteiger partial charge is 0.244 e. The van der Waals surface area contributed by atoms with E-state index in [1.807, 2.05) is 19.9 Å². The summed E-state index contributed by atoms with van der Waals surface area (Å²) in [5, 5.41) is 1.44. The Morgan fingerprint density at radius 3 is 2.42 bits per heavy atom. The molecule has 0 saturated heterocycles. The van der Waals surface area contributed by atoms with Crippen LogP contribution in [0.2, 0.25) is 5.15 Å². The van der Waals surface area contributed by atoms with Crippen LogP contribution in [0.1, 0.15) is 30.9 Å². The molecule has 2 rings (SSSR count). The van der Waals surface area contributed by atoms with E-state index in [2.05, 4.69) is 4.98 Å². The van der Waals surface area contributed by atoms with Gasteiger partial charge in [-0.25, -0.2) is 13.4 Å². The first-order valence-corrected chi connectivity index (χ1v) is 8.44. The van der Waals surface area contributed by atoms with Gasteiger partial charge in [0.15, 0.2) is 0 Å². The molecule has 0 N–H and O–H groups in total. The van der Waals surface area contributed by atoms with E-state index in [1.54, 1.807) is 19.2 Å². The lowest BCUT2D eigenvalue weighted by molar-refractivity contribution is 0.610. The van der Waals surface area contributed by atoms with E-state index in [0.717, 1.165) is 11.1 Å². The molecule has 0 saturated carbocycles. The Morgan fingerprint density at radius 1 is 1.26 bits per heavy atom. The van der Waals surface area contributed by atoms with E-state index in [1.165, 1.54) is 0 Å². The number of hydrogen-bond donors (Lipinski definition) is 0. The second kappa shape index (κ2) is 4.93. The summed E-state index contributed by atoms with van der Waals surface area (Å²) >= 11 is 6.08. The average Bonchev–Trinajstić information content (AvgIpc) is 2.31. The minimum atomic E-state index is -3.84. The fraction of sp³-hybridized carbons (Fsp3) is 0.308. The number of pyridine rings is 1. The molecule has 0 amide bonds. The summed E-state index contributed by atoms with van der Waals surface area (Å²) in [7, 11) is 1.71. The summed E-state index contributed by atoms with van der Waals surface area (Å²) in [5.74, 6) is 0.165. The molecule has 0 radical (unpaired) electrons. The third-order valence-electron chi connectivity index (χ3n) is 3.04. The lowest BCUT2D eigenvalue weighted by atomic mass is 9.99. The molecule has 3 nitrogen and oxygen atoms in total. The summed E-state index contributed by atoms with van der Waals surface area (Å²) in [6.45, 7) is 5.73. The van der Waals surface area contributed by atoms with Crippen LogP contribution in [-0.4, -0.2) is 13.4 Å². The third kappa shape index (κ3) is 2.71. The monoisotopic (exact) mass is 317 g/mol.